The molecule has 0 saturated carbocycles. The van der Waals surface area contributed by atoms with Crippen LogP contribution in [0.1, 0.15) is 187 Å². The fourth-order valence-corrected chi connectivity index (χ4v) is 6.72. The van der Waals surface area contributed by atoms with Gasteiger partial charge in [0, 0.05) is 13.0 Å². The molecular formula is C45H83O9P. The molecule has 0 radical (unpaired) electrons. The molecule has 0 saturated heterocycles. The fourth-order valence-electron chi connectivity index (χ4n) is 5.93. The number of ether oxygens (including phenoxy) is 2. The number of phosphoric ester groups is 1. The van der Waals surface area contributed by atoms with Crippen LogP contribution >= 0.6 is 7.82 Å². The number of rotatable bonds is 42. The highest BCUT2D eigenvalue weighted by Gasteiger charge is 2.26. The van der Waals surface area contributed by atoms with Gasteiger partial charge in [-0.2, -0.15) is 0 Å². The van der Waals surface area contributed by atoms with Gasteiger partial charge < -0.3 is 24.6 Å². The van der Waals surface area contributed by atoms with Crippen LogP contribution in [0.4, 0.5) is 0 Å². The van der Waals surface area contributed by atoms with Crippen LogP contribution < -0.4 is 0 Å². The standard InChI is InChI=1S/C45H83O9P/c1-3-5-7-9-11-13-15-17-19-20-21-22-23-24-26-28-30-32-34-36-38-51-41-44(42-53-55(49,50)52-40-43(47)39-46)54-45(48)37-35-33-31-29-27-25-18-16-14-12-10-8-6-4-2/h5,7,11,13,17,19,21-22,43-44,46-47H,3-4,6,8-10,12,14-16,18,20,23-42H2,1-2H3,(H,49,50)/b7-5-,13-11-,19-17-,22-21-. The van der Waals surface area contributed by atoms with Crippen molar-refractivity contribution in [2.75, 3.05) is 33.0 Å². The van der Waals surface area contributed by atoms with Crippen molar-refractivity contribution in [3.8, 4) is 0 Å². The Morgan fingerprint density at radius 2 is 1.04 bits per heavy atom. The maximum atomic E-state index is 12.6. The molecule has 9 nitrogen and oxygen atoms in total. The van der Waals surface area contributed by atoms with Crippen molar-refractivity contribution in [1.82, 2.24) is 0 Å². The molecule has 0 heterocycles. The van der Waals surface area contributed by atoms with E-state index in [0.29, 0.717) is 6.61 Å². The van der Waals surface area contributed by atoms with Crippen LogP contribution in [-0.4, -0.2) is 66.3 Å². The maximum Gasteiger partial charge on any atom is 0.472 e. The van der Waals surface area contributed by atoms with E-state index in [2.05, 4.69) is 62.5 Å². The number of carbonyl (C=O) groups excluding carboxylic acids is 1. The third-order valence-corrected chi connectivity index (χ3v) is 10.2. The van der Waals surface area contributed by atoms with Crippen LogP contribution in [0.3, 0.4) is 0 Å². The zero-order valence-corrected chi connectivity index (χ0v) is 36.0. The molecule has 0 aromatic rings. The van der Waals surface area contributed by atoms with Crippen molar-refractivity contribution < 1.29 is 43.0 Å². The minimum absolute atomic E-state index is 0.0427. The second kappa shape index (κ2) is 42.0. The number of allylic oxidation sites excluding steroid dienone is 8. The van der Waals surface area contributed by atoms with E-state index in [4.69, 9.17) is 23.6 Å². The second-order valence-electron chi connectivity index (χ2n) is 14.7. The zero-order valence-electron chi connectivity index (χ0n) is 35.1. The number of aliphatic hydroxyl groups excluding tert-OH is 2. The maximum absolute atomic E-state index is 12.6. The molecular weight excluding hydrogens is 715 g/mol. The van der Waals surface area contributed by atoms with Gasteiger partial charge in [0.25, 0.3) is 0 Å². The summed E-state index contributed by atoms with van der Waals surface area (Å²) in [6.07, 6.45) is 46.4. The first-order chi connectivity index (χ1) is 26.8. The van der Waals surface area contributed by atoms with Crippen molar-refractivity contribution in [3.63, 3.8) is 0 Å². The summed E-state index contributed by atoms with van der Waals surface area (Å²) in [5, 5.41) is 18.3. The first-order valence-corrected chi connectivity index (χ1v) is 23.6. The molecule has 0 rings (SSSR count). The van der Waals surface area contributed by atoms with E-state index in [9.17, 15) is 19.4 Å². The van der Waals surface area contributed by atoms with Gasteiger partial charge >= 0.3 is 13.8 Å². The molecule has 10 heteroatoms. The Kier molecular flexibility index (Phi) is 40.8. The third-order valence-electron chi connectivity index (χ3n) is 9.28. The number of hydrogen-bond acceptors (Lipinski definition) is 8. The molecule has 3 N–H and O–H groups in total. The van der Waals surface area contributed by atoms with Crippen molar-refractivity contribution in [1.29, 1.82) is 0 Å². The lowest BCUT2D eigenvalue weighted by Crippen LogP contribution is -2.29. The van der Waals surface area contributed by atoms with Gasteiger partial charge in [0.1, 0.15) is 12.2 Å². The number of phosphoric acid groups is 1. The van der Waals surface area contributed by atoms with Crippen molar-refractivity contribution >= 4 is 13.8 Å². The van der Waals surface area contributed by atoms with E-state index >= 15 is 0 Å². The van der Waals surface area contributed by atoms with E-state index in [1.807, 2.05) is 0 Å². The molecule has 0 amide bonds. The van der Waals surface area contributed by atoms with E-state index in [0.717, 1.165) is 70.6 Å². The van der Waals surface area contributed by atoms with Crippen molar-refractivity contribution in [3.05, 3.63) is 48.6 Å². The number of aliphatic hydroxyl groups is 2. The summed E-state index contributed by atoms with van der Waals surface area (Å²) >= 11 is 0. The monoisotopic (exact) mass is 799 g/mol. The van der Waals surface area contributed by atoms with Gasteiger partial charge in [-0.25, -0.2) is 4.57 Å². The number of esters is 1. The summed E-state index contributed by atoms with van der Waals surface area (Å²) in [5.74, 6) is -0.387. The van der Waals surface area contributed by atoms with Gasteiger partial charge in [-0.15, -0.1) is 0 Å². The SMILES string of the molecule is CC/C=C\C/C=C\C/C=C\C/C=C\CCCCCCCCCOCC(COP(=O)(O)OCC(O)CO)OC(=O)CCCCCCCCCCCCCCCC. The first-order valence-electron chi connectivity index (χ1n) is 22.1. The van der Waals surface area contributed by atoms with Gasteiger partial charge in [0.2, 0.25) is 0 Å². The molecule has 55 heavy (non-hydrogen) atoms. The molecule has 0 fully saturated rings. The highest BCUT2D eigenvalue weighted by Crippen LogP contribution is 2.43. The lowest BCUT2D eigenvalue weighted by atomic mass is 10.0. The van der Waals surface area contributed by atoms with Gasteiger partial charge in [-0.1, -0.05) is 178 Å². The summed E-state index contributed by atoms with van der Waals surface area (Å²) in [4.78, 5) is 22.6. The minimum atomic E-state index is -4.52. The Morgan fingerprint density at radius 3 is 1.56 bits per heavy atom. The topological polar surface area (TPSA) is 132 Å². The average molecular weight is 799 g/mol. The summed E-state index contributed by atoms with van der Waals surface area (Å²) < 4.78 is 33.4. The van der Waals surface area contributed by atoms with Gasteiger partial charge in [-0.3, -0.25) is 13.8 Å². The van der Waals surface area contributed by atoms with E-state index in [1.54, 1.807) is 0 Å². The Bertz CT molecular complexity index is 997. The lowest BCUT2D eigenvalue weighted by Gasteiger charge is -2.20. The molecule has 0 aliphatic heterocycles. The highest BCUT2D eigenvalue weighted by atomic mass is 31.2. The molecule has 0 spiro atoms. The fraction of sp³-hybridized carbons (Fsp3) is 0.800. The zero-order chi connectivity index (χ0) is 40.3. The Hall–Kier alpha value is -1.58. The number of unbranched alkanes of at least 4 members (excludes halogenated alkanes) is 20. The Balaban J connectivity index is 4.16. The summed E-state index contributed by atoms with van der Waals surface area (Å²) in [6.45, 7) is 3.39. The predicted molar refractivity (Wildman–Crippen MR) is 228 cm³/mol. The van der Waals surface area contributed by atoms with Gasteiger partial charge in [0.05, 0.1) is 26.4 Å². The smallest absolute Gasteiger partial charge is 0.457 e. The normalized spacial score (nSPS) is 14.5. The first kappa shape index (κ1) is 53.4. The quantitative estimate of drug-likeness (QED) is 0.0239. The molecule has 0 aliphatic carbocycles. The molecule has 0 bridgehead atoms. The lowest BCUT2D eigenvalue weighted by molar-refractivity contribution is -0.154. The average Bonchev–Trinajstić information content (AvgIpc) is 3.18. The van der Waals surface area contributed by atoms with Gasteiger partial charge in [0.15, 0.2) is 0 Å². The second-order valence-corrected chi connectivity index (χ2v) is 16.1. The summed E-state index contributed by atoms with van der Waals surface area (Å²) in [5.41, 5.74) is 0. The van der Waals surface area contributed by atoms with Crippen LogP contribution in [-0.2, 0) is 27.9 Å². The van der Waals surface area contributed by atoms with E-state index < -0.39 is 33.2 Å². The Labute approximate surface area is 337 Å². The summed E-state index contributed by atoms with van der Waals surface area (Å²) in [6, 6.07) is 0. The van der Waals surface area contributed by atoms with Crippen LogP contribution in [0.25, 0.3) is 0 Å². The Morgan fingerprint density at radius 1 is 0.582 bits per heavy atom. The molecule has 3 unspecified atom stereocenters. The molecule has 0 aliphatic rings. The number of hydrogen-bond donors (Lipinski definition) is 3. The molecule has 0 aromatic carbocycles. The molecule has 0 aromatic heterocycles. The predicted octanol–water partition coefficient (Wildman–Crippen LogP) is 12.2. The van der Waals surface area contributed by atoms with Crippen molar-refractivity contribution in [2.45, 2.75) is 199 Å². The van der Waals surface area contributed by atoms with E-state index in [-0.39, 0.29) is 25.6 Å². The highest BCUT2D eigenvalue weighted by molar-refractivity contribution is 7.47. The van der Waals surface area contributed by atoms with E-state index in [1.165, 1.54) is 96.3 Å². The van der Waals surface area contributed by atoms with Crippen LogP contribution in [0, 0.1) is 0 Å². The minimum Gasteiger partial charge on any atom is -0.457 e. The molecule has 3 atom stereocenters. The van der Waals surface area contributed by atoms with Crippen LogP contribution in [0.15, 0.2) is 48.6 Å². The third kappa shape index (κ3) is 41.9. The summed E-state index contributed by atoms with van der Waals surface area (Å²) in [7, 11) is -4.52. The van der Waals surface area contributed by atoms with Gasteiger partial charge in [-0.05, 0) is 51.4 Å². The van der Waals surface area contributed by atoms with Crippen LogP contribution in [0.5, 0.6) is 0 Å². The molecule has 322 valence electrons. The number of carbonyl (C=O) groups is 1. The largest absolute Gasteiger partial charge is 0.472 e. The van der Waals surface area contributed by atoms with Crippen LogP contribution in [0.2, 0.25) is 0 Å². The van der Waals surface area contributed by atoms with Crippen molar-refractivity contribution in [2.24, 2.45) is 0 Å².